The SMILES string of the molecule is O=C(O)c1ccc2nc(CN3CCC(c4ccnc(OCc5ccc(Cl)cc5F)n4)CC3)n(C[C@@H]3CCO3)c2n1. The summed E-state index contributed by atoms with van der Waals surface area (Å²) in [5.74, 6) is -0.390. The predicted octanol–water partition coefficient (Wildman–Crippen LogP) is 4.46. The minimum atomic E-state index is -1.06. The van der Waals surface area contributed by atoms with Crippen LogP contribution < -0.4 is 4.74 Å². The molecular formula is C28H28ClFN6O4. The Morgan fingerprint density at radius 1 is 1.12 bits per heavy atom. The van der Waals surface area contributed by atoms with Crippen molar-refractivity contribution in [3.8, 4) is 6.01 Å². The lowest BCUT2D eigenvalue weighted by Gasteiger charge is -2.32. The molecule has 0 radical (unpaired) electrons. The van der Waals surface area contributed by atoms with Crippen LogP contribution in [0.25, 0.3) is 11.2 Å². The number of benzene rings is 1. The molecule has 0 bridgehead atoms. The molecule has 6 rings (SSSR count). The summed E-state index contributed by atoms with van der Waals surface area (Å²) in [6.07, 6.45) is 4.52. The third-order valence-electron chi connectivity index (χ3n) is 7.47. The summed E-state index contributed by atoms with van der Waals surface area (Å²) in [5.41, 5.74) is 2.55. The van der Waals surface area contributed by atoms with Gasteiger partial charge in [-0.25, -0.2) is 24.1 Å². The minimum Gasteiger partial charge on any atom is -0.477 e. The highest BCUT2D eigenvalue weighted by atomic mass is 35.5. The van der Waals surface area contributed by atoms with Crippen LogP contribution >= 0.6 is 11.6 Å². The van der Waals surface area contributed by atoms with Crippen molar-refractivity contribution >= 4 is 28.7 Å². The molecule has 0 unspecified atom stereocenters. The first-order valence-electron chi connectivity index (χ1n) is 13.3. The number of pyridine rings is 1. The predicted molar refractivity (Wildman–Crippen MR) is 144 cm³/mol. The maximum atomic E-state index is 14.1. The minimum absolute atomic E-state index is 0.00189. The number of ether oxygens (including phenoxy) is 2. The van der Waals surface area contributed by atoms with Gasteiger partial charge in [-0.1, -0.05) is 17.7 Å². The Morgan fingerprint density at radius 3 is 2.67 bits per heavy atom. The van der Waals surface area contributed by atoms with E-state index in [-0.39, 0.29) is 30.3 Å². The van der Waals surface area contributed by atoms with Gasteiger partial charge in [0, 0.05) is 29.3 Å². The van der Waals surface area contributed by atoms with Gasteiger partial charge in [0.15, 0.2) is 11.3 Å². The summed E-state index contributed by atoms with van der Waals surface area (Å²) in [6, 6.07) is 9.79. The Labute approximate surface area is 234 Å². The first-order chi connectivity index (χ1) is 19.4. The molecule has 0 aliphatic carbocycles. The van der Waals surface area contributed by atoms with E-state index in [1.807, 2.05) is 10.6 Å². The highest BCUT2D eigenvalue weighted by Crippen LogP contribution is 2.29. The third-order valence-corrected chi connectivity index (χ3v) is 7.70. The Hall–Kier alpha value is -3.67. The second-order valence-electron chi connectivity index (χ2n) is 10.1. The molecule has 10 nitrogen and oxygen atoms in total. The smallest absolute Gasteiger partial charge is 0.354 e. The maximum absolute atomic E-state index is 14.1. The van der Waals surface area contributed by atoms with Crippen LogP contribution in [0.4, 0.5) is 4.39 Å². The van der Waals surface area contributed by atoms with Crippen molar-refractivity contribution in [3.05, 3.63) is 76.2 Å². The third kappa shape index (κ3) is 5.77. The molecule has 12 heteroatoms. The number of piperidine rings is 1. The Bertz CT molecular complexity index is 1540. The monoisotopic (exact) mass is 566 g/mol. The van der Waals surface area contributed by atoms with E-state index in [0.29, 0.717) is 34.8 Å². The van der Waals surface area contributed by atoms with Gasteiger partial charge in [-0.2, -0.15) is 4.98 Å². The molecule has 2 saturated heterocycles. The summed E-state index contributed by atoms with van der Waals surface area (Å²) in [5, 5.41) is 9.75. The number of carbonyl (C=O) groups is 1. The van der Waals surface area contributed by atoms with E-state index in [1.54, 1.807) is 24.4 Å². The van der Waals surface area contributed by atoms with E-state index in [2.05, 4.69) is 19.9 Å². The van der Waals surface area contributed by atoms with Crippen LogP contribution in [-0.4, -0.2) is 66.3 Å². The van der Waals surface area contributed by atoms with Crippen molar-refractivity contribution in [3.63, 3.8) is 0 Å². The molecule has 0 spiro atoms. The molecule has 0 amide bonds. The number of nitrogens with zero attached hydrogens (tertiary/aromatic N) is 6. The van der Waals surface area contributed by atoms with E-state index >= 15 is 0 Å². The largest absolute Gasteiger partial charge is 0.477 e. The number of hydrogen-bond donors (Lipinski definition) is 1. The number of likely N-dealkylation sites (tertiary alicyclic amines) is 1. The van der Waals surface area contributed by atoms with Crippen LogP contribution in [0.3, 0.4) is 0 Å². The van der Waals surface area contributed by atoms with E-state index in [9.17, 15) is 14.3 Å². The average Bonchev–Trinajstić information content (AvgIpc) is 3.26. The van der Waals surface area contributed by atoms with Crippen molar-refractivity contribution in [1.82, 2.24) is 29.4 Å². The van der Waals surface area contributed by atoms with Crippen molar-refractivity contribution < 1.29 is 23.8 Å². The molecule has 3 aromatic heterocycles. The average molecular weight is 567 g/mol. The first kappa shape index (κ1) is 26.5. The number of rotatable bonds is 9. The maximum Gasteiger partial charge on any atom is 0.354 e. The fourth-order valence-corrected chi connectivity index (χ4v) is 5.29. The van der Waals surface area contributed by atoms with Gasteiger partial charge in [0.2, 0.25) is 0 Å². The standard InChI is InChI=1S/C28H28ClFN6O4/c29-19-2-1-18(21(30)13-19)16-40-28-31-9-5-22(34-28)17-6-10-35(11-7-17)15-25-32-23-3-4-24(27(37)38)33-26(23)36(25)14-20-8-12-39-20/h1-5,9,13,17,20H,6-8,10-12,14-16H2,(H,37,38)/t20-/m0/s1. The lowest BCUT2D eigenvalue weighted by Crippen LogP contribution is -2.35. The summed E-state index contributed by atoms with van der Waals surface area (Å²) >= 11 is 5.83. The lowest BCUT2D eigenvalue weighted by molar-refractivity contribution is -0.0593. The van der Waals surface area contributed by atoms with Crippen LogP contribution in [0.2, 0.25) is 5.02 Å². The molecular weight excluding hydrogens is 539 g/mol. The van der Waals surface area contributed by atoms with E-state index < -0.39 is 11.8 Å². The van der Waals surface area contributed by atoms with Crippen molar-refractivity contribution in [2.24, 2.45) is 0 Å². The number of carboxylic acids is 1. The Balaban J connectivity index is 1.11. The normalized spacial score (nSPS) is 18.1. The number of hydrogen-bond acceptors (Lipinski definition) is 8. The molecule has 1 atom stereocenters. The number of imidazole rings is 1. The van der Waals surface area contributed by atoms with Crippen molar-refractivity contribution in [1.29, 1.82) is 0 Å². The summed E-state index contributed by atoms with van der Waals surface area (Å²) in [7, 11) is 0. The Morgan fingerprint density at radius 2 is 1.95 bits per heavy atom. The van der Waals surface area contributed by atoms with Gasteiger partial charge in [0.25, 0.3) is 0 Å². The molecule has 2 aliphatic rings. The molecule has 4 aromatic rings. The quantitative estimate of drug-likeness (QED) is 0.313. The van der Waals surface area contributed by atoms with Gasteiger partial charge < -0.3 is 19.1 Å². The lowest BCUT2D eigenvalue weighted by atomic mass is 9.93. The highest BCUT2D eigenvalue weighted by molar-refractivity contribution is 6.30. The number of aromatic carboxylic acids is 1. The van der Waals surface area contributed by atoms with Crippen LogP contribution in [-0.2, 0) is 24.4 Å². The molecule has 2 aliphatic heterocycles. The fraction of sp³-hybridized carbons (Fsp3) is 0.393. The van der Waals surface area contributed by atoms with Gasteiger partial charge in [-0.15, -0.1) is 0 Å². The van der Waals surface area contributed by atoms with Gasteiger partial charge >= 0.3 is 12.0 Å². The second-order valence-corrected chi connectivity index (χ2v) is 10.5. The number of halogens is 2. The molecule has 1 N–H and O–H groups in total. The fourth-order valence-electron chi connectivity index (χ4n) is 5.13. The number of aromatic nitrogens is 5. The topological polar surface area (TPSA) is 115 Å². The van der Waals surface area contributed by atoms with E-state index in [4.69, 9.17) is 26.1 Å². The van der Waals surface area contributed by atoms with Gasteiger partial charge in [-0.3, -0.25) is 4.90 Å². The molecule has 40 heavy (non-hydrogen) atoms. The van der Waals surface area contributed by atoms with Crippen molar-refractivity contribution in [2.45, 2.75) is 51.0 Å². The highest BCUT2D eigenvalue weighted by Gasteiger charge is 2.26. The summed E-state index contributed by atoms with van der Waals surface area (Å²) in [4.78, 5) is 31.8. The number of fused-ring (bicyclic) bond motifs is 1. The summed E-state index contributed by atoms with van der Waals surface area (Å²) < 4.78 is 27.4. The van der Waals surface area contributed by atoms with Crippen LogP contribution in [0.5, 0.6) is 6.01 Å². The van der Waals surface area contributed by atoms with Crippen LogP contribution in [0, 0.1) is 5.82 Å². The molecule has 5 heterocycles. The Kier molecular flexibility index (Phi) is 7.59. The van der Waals surface area contributed by atoms with Gasteiger partial charge in [-0.05, 0) is 62.7 Å². The molecule has 0 saturated carbocycles. The van der Waals surface area contributed by atoms with Gasteiger partial charge in [0.05, 0.1) is 24.9 Å². The van der Waals surface area contributed by atoms with E-state index in [1.165, 1.54) is 12.1 Å². The van der Waals surface area contributed by atoms with E-state index in [0.717, 1.165) is 50.5 Å². The van der Waals surface area contributed by atoms with Crippen LogP contribution in [0.15, 0.2) is 42.6 Å². The zero-order valence-corrected chi connectivity index (χ0v) is 22.4. The second kappa shape index (κ2) is 11.4. The van der Waals surface area contributed by atoms with Crippen LogP contribution in [0.1, 0.15) is 52.8 Å². The zero-order chi connectivity index (χ0) is 27.6. The molecule has 2 fully saturated rings. The zero-order valence-electron chi connectivity index (χ0n) is 21.7. The molecule has 1 aromatic carbocycles. The van der Waals surface area contributed by atoms with Gasteiger partial charge in [0.1, 0.15) is 23.8 Å². The molecule has 208 valence electrons. The first-order valence-corrected chi connectivity index (χ1v) is 13.6. The summed E-state index contributed by atoms with van der Waals surface area (Å²) in [6.45, 7) is 3.67. The number of carboxylic acid groups (broad SMARTS) is 1. The van der Waals surface area contributed by atoms with Crippen molar-refractivity contribution in [2.75, 3.05) is 19.7 Å².